The molecule has 0 saturated heterocycles. The fourth-order valence-corrected chi connectivity index (χ4v) is 3.22. The van der Waals surface area contributed by atoms with Crippen LogP contribution in [0.15, 0.2) is 79.0 Å². The summed E-state index contributed by atoms with van der Waals surface area (Å²) in [5.41, 5.74) is 4.02. The molecule has 0 aliphatic carbocycles. The van der Waals surface area contributed by atoms with Gasteiger partial charge in [-0.25, -0.2) is 9.97 Å². The largest absolute Gasteiger partial charge is 0.497 e. The predicted octanol–water partition coefficient (Wildman–Crippen LogP) is 5.47. The normalized spacial score (nSPS) is 10.4. The Morgan fingerprint density at radius 2 is 1.64 bits per heavy atom. The molecule has 0 unspecified atom stereocenters. The number of carbonyl (C=O) groups excluding carboxylic acids is 1. The van der Waals surface area contributed by atoms with Crippen molar-refractivity contribution in [1.29, 1.82) is 0 Å². The van der Waals surface area contributed by atoms with E-state index in [9.17, 15) is 4.79 Å². The molecular weight excluding hydrogens is 416 g/mol. The van der Waals surface area contributed by atoms with E-state index in [4.69, 9.17) is 9.47 Å². The Morgan fingerprint density at radius 3 is 2.33 bits per heavy atom. The number of rotatable bonds is 7. The van der Waals surface area contributed by atoms with Crippen molar-refractivity contribution in [3.8, 4) is 22.9 Å². The summed E-state index contributed by atoms with van der Waals surface area (Å²) in [6.45, 7) is 2.04. The Labute approximate surface area is 192 Å². The highest BCUT2D eigenvalue weighted by atomic mass is 16.5. The summed E-state index contributed by atoms with van der Waals surface area (Å²) in [6.07, 6.45) is 1.72. The van der Waals surface area contributed by atoms with Crippen LogP contribution in [-0.2, 0) is 0 Å². The molecule has 1 aromatic heterocycles. The third-order valence-corrected chi connectivity index (χ3v) is 5.04. The molecule has 2 N–H and O–H groups in total. The number of aromatic nitrogens is 2. The molecule has 0 radical (unpaired) electrons. The standard InChI is InChI=1S/C26H24N4O3/c1-17-4-6-18(7-5-17)25-27-15-14-24(30-25)28-20-10-8-19(9-11-20)26(31)29-22-13-12-21(32-2)16-23(22)33-3/h4-16H,1-3H3,(H,29,31)(H,27,28,30). The minimum Gasteiger partial charge on any atom is -0.497 e. The van der Waals surface area contributed by atoms with Gasteiger partial charge in [0.15, 0.2) is 5.82 Å². The molecule has 0 atom stereocenters. The molecule has 3 aromatic carbocycles. The van der Waals surface area contributed by atoms with Gasteiger partial charge in [0.2, 0.25) is 0 Å². The molecule has 0 spiro atoms. The van der Waals surface area contributed by atoms with E-state index in [1.54, 1.807) is 56.8 Å². The first-order chi connectivity index (χ1) is 16.1. The third-order valence-electron chi connectivity index (χ3n) is 5.04. The summed E-state index contributed by atoms with van der Waals surface area (Å²) in [6, 6.07) is 22.2. The van der Waals surface area contributed by atoms with Crippen molar-refractivity contribution in [2.75, 3.05) is 24.9 Å². The fourth-order valence-electron chi connectivity index (χ4n) is 3.22. The topological polar surface area (TPSA) is 85.4 Å². The van der Waals surface area contributed by atoms with Crippen molar-refractivity contribution in [3.63, 3.8) is 0 Å². The summed E-state index contributed by atoms with van der Waals surface area (Å²) in [5.74, 6) is 2.24. The third kappa shape index (κ3) is 5.27. The fraction of sp³-hybridized carbons (Fsp3) is 0.115. The zero-order valence-electron chi connectivity index (χ0n) is 18.6. The smallest absolute Gasteiger partial charge is 0.255 e. The number of carbonyl (C=O) groups is 1. The van der Waals surface area contributed by atoms with Crippen LogP contribution in [0.5, 0.6) is 11.5 Å². The van der Waals surface area contributed by atoms with Crippen LogP contribution >= 0.6 is 0 Å². The van der Waals surface area contributed by atoms with E-state index in [2.05, 4.69) is 20.6 Å². The quantitative estimate of drug-likeness (QED) is 0.397. The van der Waals surface area contributed by atoms with Crippen molar-refractivity contribution < 1.29 is 14.3 Å². The molecule has 0 saturated carbocycles. The van der Waals surface area contributed by atoms with Gasteiger partial charge in [0.25, 0.3) is 5.91 Å². The van der Waals surface area contributed by atoms with E-state index in [0.29, 0.717) is 34.4 Å². The Balaban J connectivity index is 1.45. The van der Waals surface area contributed by atoms with Crippen LogP contribution in [0.2, 0.25) is 0 Å². The molecule has 0 fully saturated rings. The zero-order valence-corrected chi connectivity index (χ0v) is 18.6. The number of ether oxygens (including phenoxy) is 2. The van der Waals surface area contributed by atoms with Gasteiger partial charge in [0, 0.05) is 29.1 Å². The molecule has 4 rings (SSSR count). The van der Waals surface area contributed by atoms with Gasteiger partial charge in [0.05, 0.1) is 19.9 Å². The molecule has 0 aliphatic heterocycles. The van der Waals surface area contributed by atoms with Crippen molar-refractivity contribution in [1.82, 2.24) is 9.97 Å². The van der Waals surface area contributed by atoms with Gasteiger partial charge >= 0.3 is 0 Å². The van der Waals surface area contributed by atoms with Crippen LogP contribution in [0, 0.1) is 6.92 Å². The number of nitrogens with zero attached hydrogens (tertiary/aromatic N) is 2. The van der Waals surface area contributed by atoms with E-state index >= 15 is 0 Å². The predicted molar refractivity (Wildman–Crippen MR) is 129 cm³/mol. The second-order valence-electron chi connectivity index (χ2n) is 7.35. The monoisotopic (exact) mass is 440 g/mol. The van der Waals surface area contributed by atoms with Gasteiger partial charge in [-0.15, -0.1) is 0 Å². The number of nitrogens with one attached hydrogen (secondary N) is 2. The van der Waals surface area contributed by atoms with Gasteiger partial charge < -0.3 is 20.1 Å². The zero-order chi connectivity index (χ0) is 23.2. The molecule has 7 heteroatoms. The Bertz CT molecular complexity index is 1260. The van der Waals surface area contributed by atoms with Crippen LogP contribution < -0.4 is 20.1 Å². The summed E-state index contributed by atoms with van der Waals surface area (Å²) >= 11 is 0. The number of methoxy groups -OCH3 is 2. The number of hydrogen-bond donors (Lipinski definition) is 2. The lowest BCUT2D eigenvalue weighted by atomic mass is 10.1. The van der Waals surface area contributed by atoms with Crippen LogP contribution in [0.1, 0.15) is 15.9 Å². The average Bonchev–Trinajstić information content (AvgIpc) is 2.85. The van der Waals surface area contributed by atoms with Crippen molar-refractivity contribution in [2.45, 2.75) is 6.92 Å². The van der Waals surface area contributed by atoms with Crippen molar-refractivity contribution in [2.24, 2.45) is 0 Å². The summed E-state index contributed by atoms with van der Waals surface area (Å²) < 4.78 is 10.5. The van der Waals surface area contributed by atoms with Gasteiger partial charge in [-0.05, 0) is 49.4 Å². The highest BCUT2D eigenvalue weighted by Gasteiger charge is 2.11. The van der Waals surface area contributed by atoms with Crippen molar-refractivity contribution in [3.05, 3.63) is 90.1 Å². The van der Waals surface area contributed by atoms with Gasteiger partial charge in [-0.2, -0.15) is 0 Å². The summed E-state index contributed by atoms with van der Waals surface area (Å²) in [7, 11) is 3.12. The van der Waals surface area contributed by atoms with Crippen LogP contribution in [0.4, 0.5) is 17.2 Å². The number of amides is 1. The van der Waals surface area contributed by atoms with E-state index in [0.717, 1.165) is 11.3 Å². The Hall–Kier alpha value is -4.39. The lowest BCUT2D eigenvalue weighted by molar-refractivity contribution is 0.102. The maximum atomic E-state index is 12.7. The number of anilines is 3. The summed E-state index contributed by atoms with van der Waals surface area (Å²) in [4.78, 5) is 21.6. The second kappa shape index (κ2) is 9.82. The maximum Gasteiger partial charge on any atom is 0.255 e. The van der Waals surface area contributed by atoms with Crippen molar-refractivity contribution >= 4 is 23.1 Å². The maximum absolute atomic E-state index is 12.7. The lowest BCUT2D eigenvalue weighted by Gasteiger charge is -2.12. The lowest BCUT2D eigenvalue weighted by Crippen LogP contribution is -2.12. The number of aryl methyl sites for hydroxylation is 1. The highest BCUT2D eigenvalue weighted by Crippen LogP contribution is 2.29. The van der Waals surface area contributed by atoms with E-state index in [1.165, 1.54) is 5.56 Å². The minimum atomic E-state index is -0.242. The molecular formula is C26H24N4O3. The van der Waals surface area contributed by atoms with E-state index in [-0.39, 0.29) is 5.91 Å². The molecule has 0 bridgehead atoms. The Kier molecular flexibility index (Phi) is 6.50. The SMILES string of the molecule is COc1ccc(NC(=O)c2ccc(Nc3ccnc(-c4ccc(C)cc4)n3)cc2)c(OC)c1. The first-order valence-electron chi connectivity index (χ1n) is 10.4. The molecule has 1 amide bonds. The highest BCUT2D eigenvalue weighted by molar-refractivity contribution is 6.05. The first-order valence-corrected chi connectivity index (χ1v) is 10.4. The molecule has 166 valence electrons. The molecule has 7 nitrogen and oxygen atoms in total. The summed E-state index contributed by atoms with van der Waals surface area (Å²) in [5, 5.41) is 6.12. The molecule has 33 heavy (non-hydrogen) atoms. The van der Waals surface area contributed by atoms with Gasteiger partial charge in [-0.1, -0.05) is 29.8 Å². The van der Waals surface area contributed by atoms with E-state index in [1.807, 2.05) is 43.3 Å². The molecule has 0 aliphatic rings. The number of benzene rings is 3. The van der Waals surface area contributed by atoms with Crippen LogP contribution in [0.25, 0.3) is 11.4 Å². The first kappa shape index (κ1) is 21.8. The van der Waals surface area contributed by atoms with Crippen LogP contribution in [0.3, 0.4) is 0 Å². The molecule has 4 aromatic rings. The van der Waals surface area contributed by atoms with Gasteiger partial charge in [-0.3, -0.25) is 4.79 Å². The second-order valence-corrected chi connectivity index (χ2v) is 7.35. The Morgan fingerprint density at radius 1 is 0.879 bits per heavy atom. The molecule has 1 heterocycles. The van der Waals surface area contributed by atoms with Gasteiger partial charge in [0.1, 0.15) is 17.3 Å². The average molecular weight is 441 g/mol. The minimum absolute atomic E-state index is 0.242. The van der Waals surface area contributed by atoms with E-state index < -0.39 is 0 Å². The van der Waals surface area contributed by atoms with Crippen LogP contribution in [-0.4, -0.2) is 30.1 Å². The number of hydrogen-bond acceptors (Lipinski definition) is 6.